The standard InChI is InChI=1S/C18H18N2O3/c1-12-3-6-14(7-4-12)23-10-9-20-16-8-5-13(2)11-15(16)17(19-22)18(20)21/h3-8,11,22H,9-10H2,1-2H3/p+1. The van der Waals surface area contributed by atoms with Crippen molar-refractivity contribution in [2.24, 2.45) is 5.16 Å². The number of oxime groups is 1. The molecule has 1 amide bonds. The smallest absolute Gasteiger partial charge is 0.372 e. The average Bonchev–Trinajstić information content (AvgIpc) is 2.80. The SMILES string of the molecule is Cc1ccc(OCC[NH+]2C(=O)C(=NO)c3cc(C)ccc32)cc1. The lowest BCUT2D eigenvalue weighted by Gasteiger charge is -2.12. The van der Waals surface area contributed by atoms with E-state index < -0.39 is 0 Å². The molecule has 0 saturated carbocycles. The van der Waals surface area contributed by atoms with Crippen molar-refractivity contribution in [2.75, 3.05) is 13.2 Å². The van der Waals surface area contributed by atoms with E-state index >= 15 is 0 Å². The van der Waals surface area contributed by atoms with Gasteiger partial charge in [-0.1, -0.05) is 28.9 Å². The molecule has 5 nitrogen and oxygen atoms in total. The molecule has 2 N–H and O–H groups in total. The molecule has 23 heavy (non-hydrogen) atoms. The molecule has 2 aromatic rings. The highest BCUT2D eigenvalue weighted by atomic mass is 16.5. The first-order valence-corrected chi connectivity index (χ1v) is 7.53. The molecule has 1 heterocycles. The summed E-state index contributed by atoms with van der Waals surface area (Å²) < 4.78 is 5.70. The molecule has 0 aromatic heterocycles. The van der Waals surface area contributed by atoms with Gasteiger partial charge in [0.2, 0.25) is 5.71 Å². The Bertz CT molecular complexity index is 766. The average molecular weight is 311 g/mol. The third-order valence-corrected chi connectivity index (χ3v) is 3.99. The van der Waals surface area contributed by atoms with Gasteiger partial charge in [-0.25, -0.2) is 9.69 Å². The summed E-state index contributed by atoms with van der Waals surface area (Å²) in [7, 11) is 0. The fourth-order valence-electron chi connectivity index (χ4n) is 2.76. The summed E-state index contributed by atoms with van der Waals surface area (Å²) in [4.78, 5) is 13.0. The first-order valence-electron chi connectivity index (χ1n) is 7.53. The number of carbonyl (C=O) groups excluding carboxylic acids is 1. The Balaban J connectivity index is 1.73. The fraction of sp³-hybridized carbons (Fsp3) is 0.222. The number of nitrogens with zero attached hydrogens (tertiary/aromatic N) is 1. The number of nitrogens with one attached hydrogen (secondary N) is 1. The largest absolute Gasteiger partial charge is 0.488 e. The summed E-state index contributed by atoms with van der Waals surface area (Å²) in [6.45, 7) is 4.84. The number of carbonyl (C=O) groups is 1. The molecule has 2 aromatic carbocycles. The molecule has 0 fully saturated rings. The third kappa shape index (κ3) is 2.96. The zero-order chi connectivity index (χ0) is 16.4. The minimum Gasteiger partial charge on any atom is -0.488 e. The summed E-state index contributed by atoms with van der Waals surface area (Å²) in [6, 6.07) is 13.5. The Labute approximate surface area is 134 Å². The van der Waals surface area contributed by atoms with Gasteiger partial charge in [0.1, 0.15) is 24.6 Å². The summed E-state index contributed by atoms with van der Waals surface area (Å²) in [5.41, 5.74) is 3.85. The fourth-order valence-corrected chi connectivity index (χ4v) is 2.76. The Morgan fingerprint density at radius 3 is 2.48 bits per heavy atom. The van der Waals surface area contributed by atoms with E-state index in [1.807, 2.05) is 56.3 Å². The van der Waals surface area contributed by atoms with Gasteiger partial charge >= 0.3 is 5.91 Å². The van der Waals surface area contributed by atoms with Crippen LogP contribution in [0.25, 0.3) is 0 Å². The van der Waals surface area contributed by atoms with E-state index in [0.29, 0.717) is 23.6 Å². The van der Waals surface area contributed by atoms with E-state index in [-0.39, 0.29) is 11.6 Å². The van der Waals surface area contributed by atoms with Crippen molar-refractivity contribution < 1.29 is 19.6 Å². The molecule has 1 unspecified atom stereocenters. The first kappa shape index (κ1) is 15.2. The maximum absolute atomic E-state index is 12.4. The van der Waals surface area contributed by atoms with Gasteiger partial charge in [0.25, 0.3) is 0 Å². The third-order valence-electron chi connectivity index (χ3n) is 3.99. The van der Waals surface area contributed by atoms with Crippen LogP contribution in [-0.2, 0) is 4.79 Å². The van der Waals surface area contributed by atoms with Gasteiger partial charge in [-0.3, -0.25) is 0 Å². The highest BCUT2D eigenvalue weighted by molar-refractivity contribution is 6.45. The Morgan fingerprint density at radius 2 is 1.78 bits per heavy atom. The number of aryl methyl sites for hydroxylation is 2. The summed E-state index contributed by atoms with van der Waals surface area (Å²) in [5.74, 6) is 0.558. The molecular formula is C18H19N2O3+. The molecule has 3 rings (SSSR count). The van der Waals surface area contributed by atoms with Gasteiger partial charge in [-0.15, -0.1) is 0 Å². The molecular weight excluding hydrogens is 292 g/mol. The number of fused-ring (bicyclic) bond motifs is 1. The number of ether oxygens (including phenoxy) is 1. The zero-order valence-electron chi connectivity index (χ0n) is 13.2. The van der Waals surface area contributed by atoms with E-state index in [9.17, 15) is 4.79 Å². The molecule has 0 bridgehead atoms. The van der Waals surface area contributed by atoms with Crippen molar-refractivity contribution in [3.63, 3.8) is 0 Å². The molecule has 0 radical (unpaired) electrons. The molecule has 5 heteroatoms. The molecule has 0 spiro atoms. The lowest BCUT2D eigenvalue weighted by atomic mass is 10.1. The van der Waals surface area contributed by atoms with E-state index in [1.54, 1.807) is 0 Å². The Morgan fingerprint density at radius 1 is 1.09 bits per heavy atom. The van der Waals surface area contributed by atoms with Crippen LogP contribution in [0.3, 0.4) is 0 Å². The van der Waals surface area contributed by atoms with Crippen LogP contribution < -0.4 is 9.64 Å². The number of hydrogen-bond acceptors (Lipinski definition) is 4. The molecule has 118 valence electrons. The minimum absolute atomic E-state index is 0.119. The summed E-state index contributed by atoms with van der Waals surface area (Å²) in [5, 5.41) is 12.3. The van der Waals surface area contributed by atoms with Crippen LogP contribution in [0.5, 0.6) is 5.75 Å². The maximum atomic E-state index is 12.4. The van der Waals surface area contributed by atoms with Crippen LogP contribution in [0.15, 0.2) is 47.6 Å². The predicted molar refractivity (Wildman–Crippen MR) is 86.7 cm³/mol. The van der Waals surface area contributed by atoms with Gasteiger partial charge in [0.15, 0.2) is 0 Å². The number of hydrogen-bond donors (Lipinski definition) is 2. The van der Waals surface area contributed by atoms with Gasteiger partial charge in [0, 0.05) is 6.07 Å². The quantitative estimate of drug-likeness (QED) is 0.666. The summed E-state index contributed by atoms with van der Waals surface area (Å²) in [6.07, 6.45) is 0. The maximum Gasteiger partial charge on any atom is 0.372 e. The lowest BCUT2D eigenvalue weighted by molar-refractivity contribution is -0.742. The predicted octanol–water partition coefficient (Wildman–Crippen LogP) is 1.62. The van der Waals surface area contributed by atoms with Crippen molar-refractivity contribution in [2.45, 2.75) is 13.8 Å². The summed E-state index contributed by atoms with van der Waals surface area (Å²) >= 11 is 0. The van der Waals surface area contributed by atoms with E-state index in [1.165, 1.54) is 5.56 Å². The highest BCUT2D eigenvalue weighted by Gasteiger charge is 2.40. The van der Waals surface area contributed by atoms with Gasteiger partial charge in [0.05, 0.1) is 5.56 Å². The zero-order valence-corrected chi connectivity index (χ0v) is 13.2. The Kier molecular flexibility index (Phi) is 4.12. The van der Waals surface area contributed by atoms with Crippen molar-refractivity contribution in [3.8, 4) is 5.75 Å². The van der Waals surface area contributed by atoms with Crippen LogP contribution >= 0.6 is 0 Å². The number of amides is 1. The van der Waals surface area contributed by atoms with Crippen LogP contribution in [0.1, 0.15) is 16.7 Å². The number of rotatable bonds is 4. The van der Waals surface area contributed by atoms with Crippen molar-refractivity contribution in [1.82, 2.24) is 0 Å². The monoisotopic (exact) mass is 311 g/mol. The minimum atomic E-state index is -0.222. The Hall–Kier alpha value is -2.66. The van der Waals surface area contributed by atoms with Gasteiger partial charge < -0.3 is 9.94 Å². The van der Waals surface area contributed by atoms with Crippen LogP contribution in [0.4, 0.5) is 5.69 Å². The van der Waals surface area contributed by atoms with Crippen LogP contribution in [-0.4, -0.2) is 30.0 Å². The van der Waals surface area contributed by atoms with Crippen LogP contribution in [0.2, 0.25) is 0 Å². The molecule has 0 saturated heterocycles. The second-order valence-corrected chi connectivity index (χ2v) is 5.72. The molecule has 1 aliphatic heterocycles. The lowest BCUT2D eigenvalue weighted by Crippen LogP contribution is -3.09. The van der Waals surface area contributed by atoms with Crippen LogP contribution in [0, 0.1) is 13.8 Å². The number of benzene rings is 2. The topological polar surface area (TPSA) is 63.3 Å². The van der Waals surface area contributed by atoms with Gasteiger partial charge in [-0.05, 0) is 37.6 Å². The molecule has 0 aliphatic carbocycles. The normalized spacial score (nSPS) is 18.3. The first-order chi connectivity index (χ1) is 11.1. The molecule has 1 aliphatic rings. The van der Waals surface area contributed by atoms with E-state index in [2.05, 4.69) is 5.16 Å². The second kappa shape index (κ2) is 6.22. The van der Waals surface area contributed by atoms with Crippen molar-refractivity contribution in [1.29, 1.82) is 0 Å². The van der Waals surface area contributed by atoms with E-state index in [4.69, 9.17) is 9.94 Å². The number of quaternary nitrogens is 1. The van der Waals surface area contributed by atoms with Gasteiger partial charge in [-0.2, -0.15) is 0 Å². The highest BCUT2D eigenvalue weighted by Crippen LogP contribution is 2.19. The van der Waals surface area contributed by atoms with Crippen molar-refractivity contribution >= 4 is 17.3 Å². The molecule has 1 atom stereocenters. The van der Waals surface area contributed by atoms with Crippen molar-refractivity contribution in [3.05, 3.63) is 59.2 Å². The van der Waals surface area contributed by atoms with E-state index in [0.717, 1.165) is 17.0 Å². The second-order valence-electron chi connectivity index (χ2n) is 5.72.